The van der Waals surface area contributed by atoms with E-state index in [1.54, 1.807) is 18.6 Å². The van der Waals surface area contributed by atoms with Gasteiger partial charge in [-0.3, -0.25) is 10.4 Å². The Hall–Kier alpha value is -1.73. The van der Waals surface area contributed by atoms with Crippen LogP contribution in [0.2, 0.25) is 0 Å². The summed E-state index contributed by atoms with van der Waals surface area (Å²) >= 11 is 1.41. The summed E-state index contributed by atoms with van der Waals surface area (Å²) in [5.74, 6) is 5.66. The molecule has 2 rings (SSSR count). The Kier molecular flexibility index (Phi) is 3.28. The average Bonchev–Trinajstić information content (AvgIpc) is 2.29. The Balaban J connectivity index is 2.24. The molecule has 2 aromatic heterocycles. The number of hydrogen-bond acceptors (Lipinski definition) is 7. The number of nitrogen functional groups attached to an aromatic ring is 1. The Bertz CT molecular complexity index is 475. The fourth-order valence-corrected chi connectivity index (χ4v) is 1.90. The standard InChI is InChI=1S/C9H10N6S/c1-6-4-7(14-9(13-6)15-10)16-8-5-11-2-3-12-8/h2-5H,10H2,1H3,(H,13,14,15). The Morgan fingerprint density at radius 3 is 2.81 bits per heavy atom. The summed E-state index contributed by atoms with van der Waals surface area (Å²) in [6, 6.07) is 1.86. The molecule has 0 saturated heterocycles. The van der Waals surface area contributed by atoms with Gasteiger partial charge < -0.3 is 0 Å². The lowest BCUT2D eigenvalue weighted by atomic mass is 10.5. The monoisotopic (exact) mass is 234 g/mol. The van der Waals surface area contributed by atoms with Crippen LogP contribution in [0.3, 0.4) is 0 Å². The van der Waals surface area contributed by atoms with Crippen molar-refractivity contribution in [3.8, 4) is 0 Å². The summed E-state index contributed by atoms with van der Waals surface area (Å²) in [7, 11) is 0. The maximum absolute atomic E-state index is 5.27. The minimum Gasteiger partial charge on any atom is -0.292 e. The SMILES string of the molecule is Cc1cc(Sc2cnccn2)nc(NN)n1. The first-order valence-corrected chi connectivity index (χ1v) is 5.36. The Morgan fingerprint density at radius 2 is 2.12 bits per heavy atom. The minimum absolute atomic E-state index is 0.395. The molecular formula is C9H10N6S. The molecule has 0 saturated carbocycles. The lowest BCUT2D eigenvalue weighted by Crippen LogP contribution is -2.11. The zero-order chi connectivity index (χ0) is 11.4. The number of anilines is 1. The van der Waals surface area contributed by atoms with E-state index in [0.29, 0.717) is 5.95 Å². The smallest absolute Gasteiger partial charge is 0.238 e. The van der Waals surface area contributed by atoms with Crippen molar-refractivity contribution in [1.29, 1.82) is 0 Å². The van der Waals surface area contributed by atoms with E-state index in [1.807, 2.05) is 13.0 Å². The molecule has 0 aliphatic rings. The Morgan fingerprint density at radius 1 is 1.25 bits per heavy atom. The first kappa shape index (κ1) is 10.8. The zero-order valence-corrected chi connectivity index (χ0v) is 9.40. The normalized spacial score (nSPS) is 10.1. The number of aryl methyl sites for hydroxylation is 1. The van der Waals surface area contributed by atoms with Crippen LogP contribution in [-0.4, -0.2) is 19.9 Å². The third-order valence-corrected chi connectivity index (χ3v) is 2.55. The molecule has 6 nitrogen and oxygen atoms in total. The highest BCUT2D eigenvalue weighted by Crippen LogP contribution is 2.24. The predicted octanol–water partition coefficient (Wildman–Crippen LogP) is 1.01. The number of nitrogens with one attached hydrogen (secondary N) is 1. The summed E-state index contributed by atoms with van der Waals surface area (Å²) in [5.41, 5.74) is 3.26. The van der Waals surface area contributed by atoms with E-state index in [9.17, 15) is 0 Å². The molecule has 0 amide bonds. The van der Waals surface area contributed by atoms with Crippen molar-refractivity contribution in [2.24, 2.45) is 5.84 Å². The van der Waals surface area contributed by atoms with Crippen molar-refractivity contribution in [3.05, 3.63) is 30.4 Å². The molecule has 0 bridgehead atoms. The Labute approximate surface area is 96.7 Å². The second-order valence-corrected chi connectivity index (χ2v) is 4.00. The van der Waals surface area contributed by atoms with Gasteiger partial charge in [-0.05, 0) is 24.8 Å². The van der Waals surface area contributed by atoms with Gasteiger partial charge in [-0.2, -0.15) is 0 Å². The van der Waals surface area contributed by atoms with Gasteiger partial charge in [-0.15, -0.1) is 0 Å². The highest BCUT2D eigenvalue weighted by atomic mass is 32.2. The average molecular weight is 234 g/mol. The quantitative estimate of drug-likeness (QED) is 0.465. The topological polar surface area (TPSA) is 89.6 Å². The van der Waals surface area contributed by atoms with Crippen LogP contribution in [0, 0.1) is 6.92 Å². The number of hydrogen-bond donors (Lipinski definition) is 2. The van der Waals surface area contributed by atoms with Crippen molar-refractivity contribution in [2.45, 2.75) is 17.0 Å². The molecule has 0 spiro atoms. The summed E-state index contributed by atoms with van der Waals surface area (Å²) in [6.45, 7) is 1.88. The lowest BCUT2D eigenvalue weighted by molar-refractivity contribution is 0.984. The van der Waals surface area contributed by atoms with E-state index < -0.39 is 0 Å². The van der Waals surface area contributed by atoms with Crippen molar-refractivity contribution in [2.75, 3.05) is 5.43 Å². The van der Waals surface area contributed by atoms with Crippen LogP contribution in [-0.2, 0) is 0 Å². The summed E-state index contributed by atoms with van der Waals surface area (Å²) in [4.78, 5) is 16.4. The number of hydrazine groups is 1. The van der Waals surface area contributed by atoms with E-state index in [1.165, 1.54) is 11.8 Å². The van der Waals surface area contributed by atoms with Crippen LogP contribution >= 0.6 is 11.8 Å². The molecule has 0 aromatic carbocycles. The number of nitrogens with two attached hydrogens (primary N) is 1. The number of aromatic nitrogens is 4. The lowest BCUT2D eigenvalue weighted by Gasteiger charge is -2.03. The van der Waals surface area contributed by atoms with Crippen LogP contribution in [0.1, 0.15) is 5.69 Å². The van der Waals surface area contributed by atoms with Gasteiger partial charge in [0.1, 0.15) is 10.1 Å². The fourth-order valence-electron chi connectivity index (χ4n) is 1.10. The zero-order valence-electron chi connectivity index (χ0n) is 8.58. The molecule has 0 radical (unpaired) electrons. The first-order chi connectivity index (χ1) is 7.78. The molecule has 0 fully saturated rings. The van der Waals surface area contributed by atoms with E-state index in [-0.39, 0.29) is 0 Å². The van der Waals surface area contributed by atoms with Gasteiger partial charge in [-0.25, -0.2) is 20.8 Å². The van der Waals surface area contributed by atoms with Gasteiger partial charge >= 0.3 is 0 Å². The molecule has 2 heterocycles. The van der Waals surface area contributed by atoms with E-state index in [0.717, 1.165) is 15.7 Å². The van der Waals surface area contributed by atoms with Gasteiger partial charge in [0.25, 0.3) is 0 Å². The number of nitrogens with zero attached hydrogens (tertiary/aromatic N) is 4. The maximum Gasteiger partial charge on any atom is 0.238 e. The molecule has 0 aliphatic heterocycles. The molecule has 16 heavy (non-hydrogen) atoms. The minimum atomic E-state index is 0.395. The van der Waals surface area contributed by atoms with E-state index >= 15 is 0 Å². The van der Waals surface area contributed by atoms with Crippen molar-refractivity contribution < 1.29 is 0 Å². The largest absolute Gasteiger partial charge is 0.292 e. The third-order valence-electron chi connectivity index (χ3n) is 1.71. The van der Waals surface area contributed by atoms with Crippen LogP contribution in [0.5, 0.6) is 0 Å². The van der Waals surface area contributed by atoms with E-state index in [2.05, 4.69) is 25.4 Å². The van der Waals surface area contributed by atoms with Crippen LogP contribution < -0.4 is 11.3 Å². The third kappa shape index (κ3) is 2.65. The summed E-state index contributed by atoms with van der Waals surface area (Å²) in [5, 5.41) is 1.56. The molecule has 0 unspecified atom stereocenters. The first-order valence-electron chi connectivity index (χ1n) is 4.54. The molecule has 82 valence electrons. The van der Waals surface area contributed by atoms with Crippen molar-refractivity contribution >= 4 is 17.7 Å². The maximum atomic E-state index is 5.27. The summed E-state index contributed by atoms with van der Waals surface area (Å²) in [6.07, 6.45) is 4.94. The molecule has 7 heteroatoms. The fraction of sp³-hybridized carbons (Fsp3) is 0.111. The molecule has 3 N–H and O–H groups in total. The highest BCUT2D eigenvalue weighted by Gasteiger charge is 2.03. The molecular weight excluding hydrogens is 224 g/mol. The van der Waals surface area contributed by atoms with Gasteiger partial charge in [-0.1, -0.05) is 0 Å². The second kappa shape index (κ2) is 4.86. The van der Waals surface area contributed by atoms with E-state index in [4.69, 9.17) is 5.84 Å². The van der Waals surface area contributed by atoms with Gasteiger partial charge in [0.15, 0.2) is 0 Å². The molecule has 0 aliphatic carbocycles. The predicted molar refractivity (Wildman–Crippen MR) is 60.7 cm³/mol. The number of rotatable bonds is 3. The second-order valence-electron chi connectivity index (χ2n) is 2.96. The van der Waals surface area contributed by atoms with Gasteiger partial charge in [0.2, 0.25) is 5.95 Å². The van der Waals surface area contributed by atoms with Gasteiger partial charge in [0.05, 0.1) is 6.20 Å². The molecule has 0 atom stereocenters. The highest BCUT2D eigenvalue weighted by molar-refractivity contribution is 7.99. The molecule has 2 aromatic rings. The summed E-state index contributed by atoms with van der Waals surface area (Å²) < 4.78 is 0. The van der Waals surface area contributed by atoms with Crippen LogP contribution in [0.4, 0.5) is 5.95 Å². The van der Waals surface area contributed by atoms with Gasteiger partial charge in [0, 0.05) is 18.1 Å². The van der Waals surface area contributed by atoms with Crippen LogP contribution in [0.15, 0.2) is 34.7 Å². The van der Waals surface area contributed by atoms with Crippen LogP contribution in [0.25, 0.3) is 0 Å². The van der Waals surface area contributed by atoms with Crippen molar-refractivity contribution in [3.63, 3.8) is 0 Å². The van der Waals surface area contributed by atoms with Crippen molar-refractivity contribution in [1.82, 2.24) is 19.9 Å².